The van der Waals surface area contributed by atoms with Crippen molar-refractivity contribution in [1.82, 2.24) is 10.4 Å². The van der Waals surface area contributed by atoms with Gasteiger partial charge in [-0.15, -0.1) is 0 Å². The van der Waals surface area contributed by atoms with Crippen LogP contribution in [0.1, 0.15) is 32.7 Å². The van der Waals surface area contributed by atoms with Gasteiger partial charge in [-0.25, -0.2) is 5.43 Å². The molecule has 1 heterocycles. The number of H-pyrrole nitrogens is 1. The Morgan fingerprint density at radius 1 is 0.735 bits per heavy atom. The number of hydrogen-bond acceptors (Lipinski definition) is 2. The van der Waals surface area contributed by atoms with Gasteiger partial charge in [-0.1, -0.05) is 42.5 Å². The summed E-state index contributed by atoms with van der Waals surface area (Å²) in [6, 6.07) is 16.5. The Balaban J connectivity index is 1.72. The maximum atomic E-state index is 13.2. The fraction of sp³-hybridized carbons (Fsp3) is 0.0833. The number of rotatable bonds is 4. The van der Waals surface area contributed by atoms with Gasteiger partial charge in [0.1, 0.15) is 5.69 Å². The van der Waals surface area contributed by atoms with E-state index in [2.05, 4.69) is 15.5 Å². The third-order valence-electron chi connectivity index (χ3n) is 4.99. The number of nitrogens with zero attached hydrogens (tertiary/aromatic N) is 1. The molecule has 3 aromatic carbocycles. The first-order valence-corrected chi connectivity index (χ1v) is 9.83. The lowest BCUT2D eigenvalue weighted by Crippen LogP contribution is -2.21. The van der Waals surface area contributed by atoms with E-state index in [1.807, 2.05) is 0 Å². The molecule has 0 fully saturated rings. The van der Waals surface area contributed by atoms with Crippen molar-refractivity contribution in [3.63, 3.8) is 0 Å². The molecule has 1 amide bonds. The molecule has 2 N–H and O–H groups in total. The van der Waals surface area contributed by atoms with E-state index in [1.165, 1.54) is 6.07 Å². The molecule has 0 aliphatic rings. The smallest absolute Gasteiger partial charge is 0.350 e. The number of carbonyl (C=O) groups is 1. The van der Waals surface area contributed by atoms with E-state index in [0.29, 0.717) is 5.52 Å². The highest BCUT2D eigenvalue weighted by molar-refractivity contribution is 6.13. The minimum atomic E-state index is -4.64. The van der Waals surface area contributed by atoms with E-state index in [0.717, 1.165) is 47.9 Å². The van der Waals surface area contributed by atoms with Gasteiger partial charge in [-0.3, -0.25) is 4.79 Å². The maximum Gasteiger partial charge on any atom is 0.416 e. The standard InChI is InChI=1S/C24H15F6N3O/c25-23(26,27)17-10-8-14(9-11-17)21(16-5-3-6-18(12-16)24(28,29)30)32-33-22(34)20-13-15-4-1-2-7-19(15)31-20/h1-13,31H,(H,33,34). The van der Waals surface area contributed by atoms with Crippen LogP contribution in [0.3, 0.4) is 0 Å². The fourth-order valence-electron chi connectivity index (χ4n) is 3.32. The van der Waals surface area contributed by atoms with Crippen molar-refractivity contribution in [2.24, 2.45) is 5.10 Å². The Kier molecular flexibility index (Phi) is 5.90. The molecular weight excluding hydrogens is 460 g/mol. The van der Waals surface area contributed by atoms with E-state index < -0.39 is 29.4 Å². The molecular formula is C24H15F6N3O. The van der Waals surface area contributed by atoms with Crippen molar-refractivity contribution in [2.75, 3.05) is 0 Å². The summed E-state index contributed by atoms with van der Waals surface area (Å²) in [6.07, 6.45) is -9.23. The van der Waals surface area contributed by atoms with E-state index in [9.17, 15) is 31.1 Å². The average molecular weight is 475 g/mol. The number of halogens is 6. The van der Waals surface area contributed by atoms with Gasteiger partial charge in [0.05, 0.1) is 16.8 Å². The van der Waals surface area contributed by atoms with Crippen molar-refractivity contribution in [1.29, 1.82) is 0 Å². The number of fused-ring (bicyclic) bond motifs is 1. The number of para-hydroxylation sites is 1. The quantitative estimate of drug-likeness (QED) is 0.201. The molecule has 10 heteroatoms. The average Bonchev–Trinajstić information content (AvgIpc) is 3.23. The highest BCUT2D eigenvalue weighted by Crippen LogP contribution is 2.31. The highest BCUT2D eigenvalue weighted by Gasteiger charge is 2.32. The molecule has 0 atom stereocenters. The summed E-state index contributed by atoms with van der Waals surface area (Å²) in [4.78, 5) is 15.5. The minimum Gasteiger partial charge on any atom is -0.350 e. The monoisotopic (exact) mass is 475 g/mol. The van der Waals surface area contributed by atoms with Crippen molar-refractivity contribution in [3.8, 4) is 0 Å². The van der Waals surface area contributed by atoms with E-state index >= 15 is 0 Å². The van der Waals surface area contributed by atoms with E-state index in [1.54, 1.807) is 30.3 Å². The molecule has 0 unspecified atom stereocenters. The van der Waals surface area contributed by atoms with Crippen LogP contribution in [-0.4, -0.2) is 16.6 Å². The highest BCUT2D eigenvalue weighted by atomic mass is 19.4. The van der Waals surface area contributed by atoms with Gasteiger partial charge >= 0.3 is 12.4 Å². The van der Waals surface area contributed by atoms with Crippen molar-refractivity contribution in [2.45, 2.75) is 12.4 Å². The van der Waals surface area contributed by atoms with Gasteiger partial charge in [-0.05, 0) is 36.4 Å². The Morgan fingerprint density at radius 3 is 2.06 bits per heavy atom. The largest absolute Gasteiger partial charge is 0.416 e. The molecule has 4 aromatic rings. The van der Waals surface area contributed by atoms with Crippen LogP contribution >= 0.6 is 0 Å². The van der Waals surface area contributed by atoms with Crippen LogP contribution in [0, 0.1) is 0 Å². The van der Waals surface area contributed by atoms with Crippen molar-refractivity contribution < 1.29 is 31.1 Å². The lowest BCUT2D eigenvalue weighted by molar-refractivity contribution is -0.138. The van der Waals surface area contributed by atoms with Crippen LogP contribution in [0.15, 0.2) is 84.0 Å². The second kappa shape index (κ2) is 8.69. The van der Waals surface area contributed by atoms with Gasteiger partial charge in [0, 0.05) is 22.0 Å². The van der Waals surface area contributed by atoms with Crippen LogP contribution in [-0.2, 0) is 12.4 Å². The predicted octanol–water partition coefficient (Wildman–Crippen LogP) is 6.39. The summed E-state index contributed by atoms with van der Waals surface area (Å²) in [5.74, 6) is -0.674. The summed E-state index contributed by atoms with van der Waals surface area (Å²) in [7, 11) is 0. The number of aromatic nitrogens is 1. The molecule has 0 saturated carbocycles. The summed E-state index contributed by atoms with van der Waals surface area (Å²) in [5, 5.41) is 4.74. The van der Waals surface area contributed by atoms with Gasteiger partial charge in [0.25, 0.3) is 5.91 Å². The van der Waals surface area contributed by atoms with Crippen LogP contribution in [0.4, 0.5) is 26.3 Å². The Hall–Kier alpha value is -4.08. The summed E-state index contributed by atoms with van der Waals surface area (Å²) >= 11 is 0. The molecule has 34 heavy (non-hydrogen) atoms. The number of nitrogens with one attached hydrogen (secondary N) is 2. The molecule has 0 radical (unpaired) electrons. The maximum absolute atomic E-state index is 13.2. The van der Waals surface area contributed by atoms with Crippen LogP contribution in [0.25, 0.3) is 10.9 Å². The molecule has 4 rings (SSSR count). The lowest BCUT2D eigenvalue weighted by atomic mass is 9.99. The predicted molar refractivity (Wildman–Crippen MR) is 114 cm³/mol. The lowest BCUT2D eigenvalue weighted by Gasteiger charge is -2.12. The van der Waals surface area contributed by atoms with Crippen LogP contribution < -0.4 is 5.43 Å². The first kappa shape index (κ1) is 23.1. The molecule has 0 aliphatic carbocycles. The molecule has 0 aliphatic heterocycles. The molecule has 174 valence electrons. The number of benzene rings is 3. The summed E-state index contributed by atoms with van der Waals surface area (Å²) < 4.78 is 78.5. The van der Waals surface area contributed by atoms with Gasteiger partial charge in [-0.2, -0.15) is 31.4 Å². The van der Waals surface area contributed by atoms with Crippen LogP contribution in [0.2, 0.25) is 0 Å². The van der Waals surface area contributed by atoms with Crippen LogP contribution in [0.5, 0.6) is 0 Å². The number of alkyl halides is 6. The Bertz CT molecular complexity index is 1330. The van der Waals surface area contributed by atoms with Crippen molar-refractivity contribution in [3.05, 3.63) is 107 Å². The molecule has 0 bridgehead atoms. The Labute approximate surface area is 188 Å². The minimum absolute atomic E-state index is 0.0356. The SMILES string of the molecule is O=C(NN=C(c1ccc(C(F)(F)F)cc1)c1cccc(C(F)(F)F)c1)c1cc2ccccc2[nH]1. The molecule has 1 aromatic heterocycles. The van der Waals surface area contributed by atoms with Gasteiger partial charge in [0.15, 0.2) is 0 Å². The summed E-state index contributed by atoms with van der Waals surface area (Å²) in [6.45, 7) is 0. The zero-order chi connectivity index (χ0) is 24.5. The second-order valence-corrected chi connectivity index (χ2v) is 7.33. The number of amides is 1. The van der Waals surface area contributed by atoms with Gasteiger partial charge in [0.2, 0.25) is 0 Å². The van der Waals surface area contributed by atoms with E-state index in [-0.39, 0.29) is 22.5 Å². The number of hydrazone groups is 1. The fourth-order valence-corrected chi connectivity index (χ4v) is 3.32. The molecule has 0 spiro atoms. The zero-order valence-corrected chi connectivity index (χ0v) is 17.1. The summed E-state index contributed by atoms with van der Waals surface area (Å²) in [5.41, 5.74) is 1.14. The first-order valence-electron chi connectivity index (χ1n) is 9.83. The first-order chi connectivity index (χ1) is 16.0. The number of carbonyl (C=O) groups excluding carboxylic acids is 1. The van der Waals surface area contributed by atoms with E-state index in [4.69, 9.17) is 0 Å². The van der Waals surface area contributed by atoms with Crippen molar-refractivity contribution >= 4 is 22.5 Å². The molecule has 0 saturated heterocycles. The third kappa shape index (κ3) is 4.95. The Morgan fingerprint density at radius 2 is 1.41 bits per heavy atom. The zero-order valence-electron chi connectivity index (χ0n) is 17.1. The topological polar surface area (TPSA) is 57.2 Å². The number of aromatic amines is 1. The molecule has 4 nitrogen and oxygen atoms in total. The second-order valence-electron chi connectivity index (χ2n) is 7.33. The third-order valence-corrected chi connectivity index (χ3v) is 4.99. The normalized spacial score (nSPS) is 12.7. The number of hydrogen-bond donors (Lipinski definition) is 2. The van der Waals surface area contributed by atoms with Gasteiger partial charge < -0.3 is 4.98 Å².